The number of nitrogen functional groups attached to an aromatic ring is 1. The monoisotopic (exact) mass is 284 g/mol. The quantitative estimate of drug-likeness (QED) is 0.833. The molecule has 1 aliphatic rings. The van der Waals surface area contributed by atoms with E-state index in [2.05, 4.69) is 0 Å². The molecule has 2 rings (SSSR count). The number of hydrogen-bond donors (Lipinski definition) is 1. The summed E-state index contributed by atoms with van der Waals surface area (Å²) in [6.45, 7) is 5.19. The highest BCUT2D eigenvalue weighted by Crippen LogP contribution is 2.22. The number of hydrogen-bond acceptors (Lipinski definition) is 4. The number of aryl methyl sites for hydroxylation is 1. The smallest absolute Gasteiger partial charge is 0.243 e. The summed E-state index contributed by atoms with van der Waals surface area (Å²) in [4.78, 5) is 0.299. The van der Waals surface area contributed by atoms with Crippen LogP contribution in [0.4, 0.5) is 5.69 Å². The Balaban J connectivity index is 2.32. The number of ether oxygens (including phenoxy) is 1. The van der Waals surface area contributed by atoms with Crippen LogP contribution in [0.2, 0.25) is 0 Å². The van der Waals surface area contributed by atoms with Crippen molar-refractivity contribution < 1.29 is 13.2 Å². The van der Waals surface area contributed by atoms with E-state index in [1.807, 2.05) is 13.8 Å². The third-order valence-electron chi connectivity index (χ3n) is 3.29. The molecule has 5 nitrogen and oxygen atoms in total. The van der Waals surface area contributed by atoms with E-state index in [9.17, 15) is 8.42 Å². The maximum absolute atomic E-state index is 12.6. The summed E-state index contributed by atoms with van der Waals surface area (Å²) in [6, 6.07) is 4.83. The Bertz CT molecular complexity index is 557. The Kier molecular flexibility index (Phi) is 4.13. The van der Waals surface area contributed by atoms with Crippen LogP contribution in [-0.4, -0.2) is 38.5 Å². The van der Waals surface area contributed by atoms with Crippen molar-refractivity contribution in [2.75, 3.05) is 25.4 Å². The molecule has 0 bridgehead atoms. The third-order valence-corrected chi connectivity index (χ3v) is 5.16. The fourth-order valence-electron chi connectivity index (χ4n) is 2.13. The van der Waals surface area contributed by atoms with Gasteiger partial charge in [-0.1, -0.05) is 0 Å². The van der Waals surface area contributed by atoms with Crippen LogP contribution >= 0.6 is 0 Å². The summed E-state index contributed by atoms with van der Waals surface area (Å²) in [6.07, 6.45) is 0.643. The van der Waals surface area contributed by atoms with Crippen molar-refractivity contribution in [2.24, 2.45) is 0 Å². The second kappa shape index (κ2) is 5.48. The number of anilines is 1. The van der Waals surface area contributed by atoms with Crippen molar-refractivity contribution in [2.45, 2.75) is 31.3 Å². The minimum absolute atomic E-state index is 0.0767. The van der Waals surface area contributed by atoms with Crippen molar-refractivity contribution in [1.82, 2.24) is 4.31 Å². The molecule has 1 heterocycles. The maximum Gasteiger partial charge on any atom is 0.243 e. The lowest BCUT2D eigenvalue weighted by molar-refractivity contribution is 0.0752. The summed E-state index contributed by atoms with van der Waals surface area (Å²) >= 11 is 0. The number of rotatable bonds is 2. The number of nitrogens with zero attached hydrogens (tertiary/aromatic N) is 1. The van der Waals surface area contributed by atoms with Crippen LogP contribution in [0.1, 0.15) is 18.9 Å². The molecule has 1 atom stereocenters. The average molecular weight is 284 g/mol. The first-order valence-corrected chi connectivity index (χ1v) is 7.83. The van der Waals surface area contributed by atoms with E-state index in [-0.39, 0.29) is 6.10 Å². The molecule has 1 unspecified atom stereocenters. The first-order chi connectivity index (χ1) is 8.91. The molecule has 6 heteroatoms. The topological polar surface area (TPSA) is 72.6 Å². The first-order valence-electron chi connectivity index (χ1n) is 6.39. The van der Waals surface area contributed by atoms with Gasteiger partial charge in [0.25, 0.3) is 0 Å². The van der Waals surface area contributed by atoms with Crippen molar-refractivity contribution in [3.8, 4) is 0 Å². The Morgan fingerprint density at radius 3 is 2.84 bits per heavy atom. The highest BCUT2D eigenvalue weighted by molar-refractivity contribution is 7.89. The van der Waals surface area contributed by atoms with Gasteiger partial charge in [-0.15, -0.1) is 0 Å². The van der Waals surface area contributed by atoms with Crippen LogP contribution in [0.25, 0.3) is 0 Å². The lowest BCUT2D eigenvalue weighted by atomic mass is 10.2. The zero-order valence-electron chi connectivity index (χ0n) is 11.3. The standard InChI is InChI=1S/C13H20N2O3S/c1-10-8-12(4-5-13(10)14)19(16,17)15-6-3-7-18-11(2)9-15/h4-5,8,11H,3,6-7,9,14H2,1-2H3. The predicted octanol–water partition coefficient (Wildman–Crippen LogP) is 1.38. The van der Waals surface area contributed by atoms with E-state index in [4.69, 9.17) is 10.5 Å². The van der Waals surface area contributed by atoms with Gasteiger partial charge < -0.3 is 10.5 Å². The van der Waals surface area contributed by atoms with Crippen LogP contribution in [0, 0.1) is 6.92 Å². The van der Waals surface area contributed by atoms with Gasteiger partial charge in [0.2, 0.25) is 10.0 Å². The SMILES string of the molecule is Cc1cc(S(=O)(=O)N2CCCOC(C)C2)ccc1N. The van der Waals surface area contributed by atoms with Gasteiger partial charge in [0.05, 0.1) is 11.0 Å². The van der Waals surface area contributed by atoms with Crippen LogP contribution in [0.15, 0.2) is 23.1 Å². The molecule has 0 saturated carbocycles. The fraction of sp³-hybridized carbons (Fsp3) is 0.538. The second-order valence-electron chi connectivity index (χ2n) is 4.92. The summed E-state index contributed by atoms with van der Waals surface area (Å²) in [7, 11) is -3.46. The third kappa shape index (κ3) is 3.08. The van der Waals surface area contributed by atoms with E-state index in [0.717, 1.165) is 12.0 Å². The van der Waals surface area contributed by atoms with Crippen LogP contribution in [0.5, 0.6) is 0 Å². The highest BCUT2D eigenvalue weighted by Gasteiger charge is 2.27. The molecule has 0 aliphatic carbocycles. The van der Waals surface area contributed by atoms with Gasteiger partial charge in [0.15, 0.2) is 0 Å². The molecule has 106 valence electrons. The normalized spacial score (nSPS) is 22.1. The highest BCUT2D eigenvalue weighted by atomic mass is 32.2. The summed E-state index contributed by atoms with van der Waals surface area (Å²) in [5.41, 5.74) is 7.11. The molecular formula is C13H20N2O3S. The largest absolute Gasteiger partial charge is 0.399 e. The Morgan fingerprint density at radius 2 is 2.16 bits per heavy atom. The van der Waals surface area contributed by atoms with Gasteiger partial charge in [-0.25, -0.2) is 8.42 Å². The lowest BCUT2D eigenvalue weighted by Crippen LogP contribution is -2.35. The zero-order chi connectivity index (χ0) is 14.0. The minimum Gasteiger partial charge on any atom is -0.399 e. The van der Waals surface area contributed by atoms with Crippen molar-refractivity contribution in [3.05, 3.63) is 23.8 Å². The summed E-state index contributed by atoms with van der Waals surface area (Å²) in [5, 5.41) is 0. The number of sulfonamides is 1. The molecule has 0 amide bonds. The van der Waals surface area contributed by atoms with Gasteiger partial charge in [-0.3, -0.25) is 0 Å². The first kappa shape index (κ1) is 14.3. The van der Waals surface area contributed by atoms with Gasteiger partial charge >= 0.3 is 0 Å². The molecular weight excluding hydrogens is 264 g/mol. The minimum atomic E-state index is -3.46. The molecule has 1 saturated heterocycles. The molecule has 0 spiro atoms. The predicted molar refractivity (Wildman–Crippen MR) is 74.4 cm³/mol. The number of nitrogens with two attached hydrogens (primary N) is 1. The summed E-state index contributed by atoms with van der Waals surface area (Å²) < 4.78 is 32.1. The van der Waals surface area contributed by atoms with Gasteiger partial charge in [-0.2, -0.15) is 4.31 Å². The Morgan fingerprint density at radius 1 is 1.42 bits per heavy atom. The molecule has 0 aromatic heterocycles. The number of benzene rings is 1. The molecule has 0 radical (unpaired) electrons. The average Bonchev–Trinajstić information content (AvgIpc) is 2.57. The van der Waals surface area contributed by atoms with Crippen molar-refractivity contribution >= 4 is 15.7 Å². The van der Waals surface area contributed by atoms with Crippen LogP contribution in [-0.2, 0) is 14.8 Å². The molecule has 1 aliphatic heterocycles. The fourth-order valence-corrected chi connectivity index (χ4v) is 3.77. The Labute approximate surface area is 114 Å². The van der Waals surface area contributed by atoms with Gasteiger partial charge in [0, 0.05) is 25.4 Å². The van der Waals surface area contributed by atoms with E-state index < -0.39 is 10.0 Å². The zero-order valence-corrected chi connectivity index (χ0v) is 12.1. The van der Waals surface area contributed by atoms with E-state index >= 15 is 0 Å². The molecule has 1 aromatic carbocycles. The van der Waals surface area contributed by atoms with Crippen LogP contribution in [0.3, 0.4) is 0 Å². The summed E-state index contributed by atoms with van der Waals surface area (Å²) in [5.74, 6) is 0. The van der Waals surface area contributed by atoms with Crippen molar-refractivity contribution in [1.29, 1.82) is 0 Å². The van der Waals surface area contributed by atoms with E-state index in [0.29, 0.717) is 30.3 Å². The van der Waals surface area contributed by atoms with Gasteiger partial charge in [-0.05, 0) is 44.0 Å². The van der Waals surface area contributed by atoms with Crippen molar-refractivity contribution in [3.63, 3.8) is 0 Å². The maximum atomic E-state index is 12.6. The molecule has 1 aromatic rings. The second-order valence-corrected chi connectivity index (χ2v) is 6.85. The Hall–Kier alpha value is -1.11. The molecule has 19 heavy (non-hydrogen) atoms. The lowest BCUT2D eigenvalue weighted by Gasteiger charge is -2.22. The van der Waals surface area contributed by atoms with E-state index in [1.165, 1.54) is 4.31 Å². The van der Waals surface area contributed by atoms with Gasteiger partial charge in [0.1, 0.15) is 0 Å². The molecule has 2 N–H and O–H groups in total. The van der Waals surface area contributed by atoms with E-state index in [1.54, 1.807) is 18.2 Å². The van der Waals surface area contributed by atoms with Crippen LogP contribution < -0.4 is 5.73 Å². The molecule has 1 fully saturated rings.